The zero-order valence-electron chi connectivity index (χ0n) is 8.70. The summed E-state index contributed by atoms with van der Waals surface area (Å²) in [7, 11) is 0. The van der Waals surface area contributed by atoms with Crippen LogP contribution in [0.2, 0.25) is 5.02 Å². The fourth-order valence-electron chi connectivity index (χ4n) is 3.35. The van der Waals surface area contributed by atoms with Crippen LogP contribution in [0.3, 0.4) is 0 Å². The number of hydrogen-bond donors (Lipinski definition) is 1. The van der Waals surface area contributed by atoms with Crippen LogP contribution in [0.4, 0.5) is 0 Å². The lowest BCUT2D eigenvalue weighted by molar-refractivity contribution is 0.502. The van der Waals surface area contributed by atoms with Crippen LogP contribution in [-0.4, -0.2) is 0 Å². The molecule has 0 saturated heterocycles. The lowest BCUT2D eigenvalue weighted by atomic mass is 9.98. The van der Waals surface area contributed by atoms with Gasteiger partial charge in [0.15, 0.2) is 0 Å². The van der Waals surface area contributed by atoms with E-state index in [0.29, 0.717) is 0 Å². The van der Waals surface area contributed by atoms with Gasteiger partial charge in [0, 0.05) is 11.1 Å². The molecule has 1 aromatic rings. The molecule has 2 N–H and O–H groups in total. The second-order valence-electron chi connectivity index (χ2n) is 4.92. The Bertz CT molecular complexity index is 367. The van der Waals surface area contributed by atoms with Crippen LogP contribution >= 0.6 is 11.6 Å². The van der Waals surface area contributed by atoms with Crippen LogP contribution in [0, 0.1) is 17.8 Å². The normalized spacial score (nSPS) is 34.9. The SMILES string of the molecule is NC(c1cccc(Cl)c1)C1C2CCCC21. The quantitative estimate of drug-likeness (QED) is 0.814. The standard InChI is InChI=1S/C13H16ClN/c14-9-4-1-3-8(7-9)13(15)12-10-5-2-6-11(10)12/h1,3-4,7,10-13H,2,5-6,15H2. The third-order valence-corrected chi connectivity index (χ3v) is 4.36. The second-order valence-corrected chi connectivity index (χ2v) is 5.35. The highest BCUT2D eigenvalue weighted by Crippen LogP contribution is 2.61. The van der Waals surface area contributed by atoms with E-state index in [1.54, 1.807) is 0 Å². The molecule has 2 saturated carbocycles. The molecule has 1 nitrogen and oxygen atoms in total. The predicted octanol–water partition coefficient (Wildman–Crippen LogP) is 3.39. The van der Waals surface area contributed by atoms with Gasteiger partial charge in [0.1, 0.15) is 0 Å². The average molecular weight is 222 g/mol. The summed E-state index contributed by atoms with van der Waals surface area (Å²) in [6, 6.07) is 8.23. The van der Waals surface area contributed by atoms with Gasteiger partial charge in [-0.1, -0.05) is 30.2 Å². The van der Waals surface area contributed by atoms with Crippen LogP contribution in [0.25, 0.3) is 0 Å². The van der Waals surface area contributed by atoms with E-state index in [4.69, 9.17) is 17.3 Å². The van der Waals surface area contributed by atoms with Crippen LogP contribution in [0.15, 0.2) is 24.3 Å². The van der Waals surface area contributed by atoms with Crippen LogP contribution in [0.5, 0.6) is 0 Å². The Morgan fingerprint density at radius 1 is 1.27 bits per heavy atom. The Balaban J connectivity index is 1.78. The van der Waals surface area contributed by atoms with Gasteiger partial charge in [-0.05, 0) is 48.3 Å². The fraction of sp³-hybridized carbons (Fsp3) is 0.538. The molecule has 0 heterocycles. The van der Waals surface area contributed by atoms with E-state index in [0.717, 1.165) is 22.8 Å². The molecule has 1 aromatic carbocycles. The van der Waals surface area contributed by atoms with Crippen LogP contribution in [0.1, 0.15) is 30.9 Å². The van der Waals surface area contributed by atoms with Gasteiger partial charge in [0.05, 0.1) is 0 Å². The second kappa shape index (κ2) is 3.50. The van der Waals surface area contributed by atoms with E-state index in [9.17, 15) is 0 Å². The third-order valence-electron chi connectivity index (χ3n) is 4.12. The van der Waals surface area contributed by atoms with Crippen molar-refractivity contribution < 1.29 is 0 Å². The number of rotatable bonds is 2. The fourth-order valence-corrected chi connectivity index (χ4v) is 3.54. The monoisotopic (exact) mass is 221 g/mol. The maximum Gasteiger partial charge on any atom is 0.0409 e. The first-order chi connectivity index (χ1) is 7.27. The summed E-state index contributed by atoms with van der Waals surface area (Å²) in [5, 5.41) is 0.800. The zero-order valence-corrected chi connectivity index (χ0v) is 9.45. The summed E-state index contributed by atoms with van der Waals surface area (Å²) in [6.07, 6.45) is 4.20. The number of halogens is 1. The molecule has 2 aliphatic rings. The van der Waals surface area contributed by atoms with Gasteiger partial charge in [-0.2, -0.15) is 0 Å². The molecular weight excluding hydrogens is 206 g/mol. The third kappa shape index (κ3) is 1.58. The first-order valence-corrected chi connectivity index (χ1v) is 6.16. The lowest BCUT2D eigenvalue weighted by Crippen LogP contribution is -2.15. The number of benzene rings is 1. The predicted molar refractivity (Wildman–Crippen MR) is 62.7 cm³/mol. The van der Waals surface area contributed by atoms with E-state index in [1.165, 1.54) is 24.8 Å². The molecule has 0 amide bonds. The van der Waals surface area contributed by atoms with Crippen molar-refractivity contribution in [2.75, 3.05) is 0 Å². The summed E-state index contributed by atoms with van der Waals surface area (Å²) in [5.74, 6) is 2.56. The molecule has 0 bridgehead atoms. The molecule has 15 heavy (non-hydrogen) atoms. The Kier molecular flexibility index (Phi) is 2.26. The number of fused-ring (bicyclic) bond motifs is 1. The van der Waals surface area contributed by atoms with E-state index in [2.05, 4.69) is 6.07 Å². The molecule has 0 aliphatic heterocycles. The highest BCUT2D eigenvalue weighted by atomic mass is 35.5. The maximum absolute atomic E-state index is 6.30. The van der Waals surface area contributed by atoms with Crippen molar-refractivity contribution in [1.82, 2.24) is 0 Å². The zero-order chi connectivity index (χ0) is 10.4. The summed E-state index contributed by atoms with van der Waals surface area (Å²) < 4.78 is 0. The van der Waals surface area contributed by atoms with Crippen molar-refractivity contribution in [3.05, 3.63) is 34.9 Å². The lowest BCUT2D eigenvalue weighted by Gasteiger charge is -2.14. The van der Waals surface area contributed by atoms with Gasteiger partial charge in [-0.15, -0.1) is 0 Å². The molecule has 3 unspecified atom stereocenters. The van der Waals surface area contributed by atoms with Crippen molar-refractivity contribution in [2.45, 2.75) is 25.3 Å². The Labute approximate surface area is 95.6 Å². The van der Waals surface area contributed by atoms with Crippen molar-refractivity contribution >= 4 is 11.6 Å². The molecule has 2 aliphatic carbocycles. The Morgan fingerprint density at radius 3 is 2.67 bits per heavy atom. The van der Waals surface area contributed by atoms with Gasteiger partial charge >= 0.3 is 0 Å². The van der Waals surface area contributed by atoms with E-state index in [1.807, 2.05) is 18.2 Å². The highest BCUT2D eigenvalue weighted by Gasteiger charge is 2.55. The Morgan fingerprint density at radius 2 is 2.00 bits per heavy atom. The van der Waals surface area contributed by atoms with Crippen molar-refractivity contribution in [2.24, 2.45) is 23.5 Å². The summed E-state index contributed by atoms with van der Waals surface area (Å²) in [4.78, 5) is 0. The Hall–Kier alpha value is -0.530. The van der Waals surface area contributed by atoms with Crippen molar-refractivity contribution in [1.29, 1.82) is 0 Å². The molecule has 2 heteroatoms. The molecule has 0 aromatic heterocycles. The largest absolute Gasteiger partial charge is 0.324 e. The summed E-state index contributed by atoms with van der Waals surface area (Å²) in [5.41, 5.74) is 7.51. The van der Waals surface area contributed by atoms with Gasteiger partial charge < -0.3 is 5.73 Å². The smallest absolute Gasteiger partial charge is 0.0409 e. The van der Waals surface area contributed by atoms with Crippen molar-refractivity contribution in [3.63, 3.8) is 0 Å². The maximum atomic E-state index is 6.30. The number of nitrogens with two attached hydrogens (primary N) is 1. The van der Waals surface area contributed by atoms with E-state index >= 15 is 0 Å². The minimum absolute atomic E-state index is 0.207. The topological polar surface area (TPSA) is 26.0 Å². The number of hydrogen-bond acceptors (Lipinski definition) is 1. The molecular formula is C13H16ClN. The van der Waals surface area contributed by atoms with Gasteiger partial charge in [-0.25, -0.2) is 0 Å². The summed E-state index contributed by atoms with van der Waals surface area (Å²) in [6.45, 7) is 0. The van der Waals surface area contributed by atoms with Crippen LogP contribution < -0.4 is 5.73 Å². The molecule has 3 rings (SSSR count). The average Bonchev–Trinajstić information content (AvgIpc) is 2.70. The molecule has 2 fully saturated rings. The first kappa shape index (κ1) is 9.68. The molecule has 0 spiro atoms. The molecule has 3 atom stereocenters. The van der Waals surface area contributed by atoms with E-state index in [-0.39, 0.29) is 6.04 Å². The molecule has 0 radical (unpaired) electrons. The van der Waals surface area contributed by atoms with Gasteiger partial charge in [0.25, 0.3) is 0 Å². The van der Waals surface area contributed by atoms with Gasteiger partial charge in [0.2, 0.25) is 0 Å². The van der Waals surface area contributed by atoms with Crippen molar-refractivity contribution in [3.8, 4) is 0 Å². The van der Waals surface area contributed by atoms with Crippen LogP contribution in [-0.2, 0) is 0 Å². The first-order valence-electron chi connectivity index (χ1n) is 5.78. The van der Waals surface area contributed by atoms with E-state index < -0.39 is 0 Å². The minimum Gasteiger partial charge on any atom is -0.324 e. The minimum atomic E-state index is 0.207. The van der Waals surface area contributed by atoms with Gasteiger partial charge in [-0.3, -0.25) is 0 Å². The summed E-state index contributed by atoms with van der Waals surface area (Å²) >= 11 is 5.98. The molecule has 80 valence electrons. The highest BCUT2D eigenvalue weighted by molar-refractivity contribution is 6.30.